The Balaban J connectivity index is 1.73. The van der Waals surface area contributed by atoms with Crippen LogP contribution in [0.4, 0.5) is 15.8 Å². The van der Waals surface area contributed by atoms with Gasteiger partial charge in [-0.1, -0.05) is 18.2 Å². The maximum Gasteiger partial charge on any atom is 0.292 e. The zero-order chi connectivity index (χ0) is 18.0. The van der Waals surface area contributed by atoms with E-state index in [0.29, 0.717) is 37.4 Å². The molecule has 2 aromatic carbocycles. The summed E-state index contributed by atoms with van der Waals surface area (Å²) in [5, 5.41) is 11.2. The molecule has 1 saturated heterocycles. The number of amides is 1. The lowest BCUT2D eigenvalue weighted by atomic mass is 10.1. The van der Waals surface area contributed by atoms with Crippen molar-refractivity contribution in [2.75, 3.05) is 31.1 Å². The molecule has 1 amide bonds. The molecule has 0 spiro atoms. The van der Waals surface area contributed by atoms with Gasteiger partial charge >= 0.3 is 0 Å². The molecule has 6 nitrogen and oxygen atoms in total. The van der Waals surface area contributed by atoms with Crippen molar-refractivity contribution >= 4 is 17.3 Å². The quantitative estimate of drug-likeness (QED) is 0.635. The van der Waals surface area contributed by atoms with Crippen LogP contribution in [0.25, 0.3) is 0 Å². The first kappa shape index (κ1) is 16.9. The molecule has 0 aliphatic carbocycles. The summed E-state index contributed by atoms with van der Waals surface area (Å²) in [7, 11) is 0. The highest BCUT2D eigenvalue weighted by atomic mass is 19.1. The monoisotopic (exact) mass is 343 g/mol. The molecule has 2 aromatic rings. The van der Waals surface area contributed by atoms with Crippen molar-refractivity contribution < 1.29 is 14.1 Å². The minimum atomic E-state index is -0.438. The number of hydrogen-bond acceptors (Lipinski definition) is 4. The number of nitro benzene ring substituents is 1. The number of para-hydroxylation sites is 2. The molecule has 130 valence electrons. The molecule has 0 atom stereocenters. The molecule has 25 heavy (non-hydrogen) atoms. The number of halogens is 1. The number of carbonyl (C=O) groups excluding carboxylic acids is 1. The van der Waals surface area contributed by atoms with Crippen LogP contribution < -0.4 is 4.90 Å². The molecule has 0 radical (unpaired) electrons. The van der Waals surface area contributed by atoms with Gasteiger partial charge in [-0.05, 0) is 30.7 Å². The van der Waals surface area contributed by atoms with Crippen LogP contribution in [-0.2, 0) is 0 Å². The third kappa shape index (κ3) is 3.45. The Morgan fingerprint density at radius 3 is 2.48 bits per heavy atom. The summed E-state index contributed by atoms with van der Waals surface area (Å²) in [5.41, 5.74) is 1.71. The van der Waals surface area contributed by atoms with E-state index in [4.69, 9.17) is 0 Å². The van der Waals surface area contributed by atoms with Crippen molar-refractivity contribution in [3.63, 3.8) is 0 Å². The first-order valence-corrected chi connectivity index (χ1v) is 8.01. The van der Waals surface area contributed by atoms with Crippen molar-refractivity contribution in [1.29, 1.82) is 0 Å². The van der Waals surface area contributed by atoms with Gasteiger partial charge in [0.2, 0.25) is 0 Å². The number of aryl methyl sites for hydroxylation is 1. The van der Waals surface area contributed by atoms with Gasteiger partial charge in [-0.2, -0.15) is 0 Å². The van der Waals surface area contributed by atoms with Gasteiger partial charge in [0.15, 0.2) is 0 Å². The largest absolute Gasteiger partial charge is 0.362 e. The van der Waals surface area contributed by atoms with Crippen LogP contribution in [0.15, 0.2) is 42.5 Å². The molecule has 0 N–H and O–H groups in total. The molecular weight excluding hydrogens is 325 g/mol. The van der Waals surface area contributed by atoms with E-state index in [0.717, 1.165) is 5.56 Å². The van der Waals surface area contributed by atoms with Crippen LogP contribution in [0.3, 0.4) is 0 Å². The number of piperazine rings is 1. The van der Waals surface area contributed by atoms with Crippen LogP contribution in [0.5, 0.6) is 0 Å². The lowest BCUT2D eigenvalue weighted by molar-refractivity contribution is -0.384. The van der Waals surface area contributed by atoms with Crippen LogP contribution in [0.2, 0.25) is 0 Å². The Morgan fingerprint density at radius 1 is 1.12 bits per heavy atom. The summed E-state index contributed by atoms with van der Waals surface area (Å²) in [4.78, 5) is 27.0. The number of carbonyl (C=O) groups is 1. The molecule has 7 heteroatoms. The van der Waals surface area contributed by atoms with Crippen molar-refractivity contribution in [2.45, 2.75) is 6.92 Å². The van der Waals surface area contributed by atoms with Gasteiger partial charge < -0.3 is 9.80 Å². The van der Waals surface area contributed by atoms with E-state index >= 15 is 0 Å². The second-order valence-corrected chi connectivity index (χ2v) is 5.98. The Labute approximate surface area is 144 Å². The van der Waals surface area contributed by atoms with E-state index < -0.39 is 10.7 Å². The Hall–Kier alpha value is -2.96. The minimum absolute atomic E-state index is 0.0586. The summed E-state index contributed by atoms with van der Waals surface area (Å²) in [6.07, 6.45) is 0. The van der Waals surface area contributed by atoms with Crippen molar-refractivity contribution in [3.8, 4) is 0 Å². The number of hydrogen-bond donors (Lipinski definition) is 0. The Bertz CT molecular complexity index is 817. The third-order valence-corrected chi connectivity index (χ3v) is 4.42. The Morgan fingerprint density at radius 2 is 1.80 bits per heavy atom. The van der Waals surface area contributed by atoms with Crippen molar-refractivity contribution in [3.05, 3.63) is 69.5 Å². The standard InChI is InChI=1S/C18H18FN3O3/c1-13-6-7-14(19)12-15(13)18(23)21-10-8-20(9-11-21)16-4-2-3-5-17(16)22(24)25/h2-7,12H,8-11H2,1H3. The zero-order valence-corrected chi connectivity index (χ0v) is 13.8. The van der Waals surface area contributed by atoms with Gasteiger partial charge in [-0.15, -0.1) is 0 Å². The highest BCUT2D eigenvalue weighted by Gasteiger charge is 2.26. The van der Waals surface area contributed by atoms with Crippen molar-refractivity contribution in [2.24, 2.45) is 0 Å². The van der Waals surface area contributed by atoms with Gasteiger partial charge in [0.25, 0.3) is 11.6 Å². The van der Waals surface area contributed by atoms with Crippen molar-refractivity contribution in [1.82, 2.24) is 4.90 Å². The summed E-state index contributed by atoms with van der Waals surface area (Å²) < 4.78 is 13.4. The van der Waals surface area contributed by atoms with E-state index in [1.165, 1.54) is 18.2 Å². The minimum Gasteiger partial charge on any atom is -0.362 e. The van der Waals surface area contributed by atoms with Gasteiger partial charge in [-0.3, -0.25) is 14.9 Å². The van der Waals surface area contributed by atoms with Gasteiger partial charge in [-0.25, -0.2) is 4.39 Å². The molecule has 0 aromatic heterocycles. The lowest BCUT2D eigenvalue weighted by Gasteiger charge is -2.36. The maximum atomic E-state index is 13.4. The zero-order valence-electron chi connectivity index (χ0n) is 13.8. The van der Waals surface area contributed by atoms with E-state index in [2.05, 4.69) is 0 Å². The SMILES string of the molecule is Cc1ccc(F)cc1C(=O)N1CCN(c2ccccc2[N+](=O)[O-])CC1. The fourth-order valence-electron chi connectivity index (χ4n) is 3.03. The first-order chi connectivity index (χ1) is 12.0. The summed E-state index contributed by atoms with van der Waals surface area (Å²) >= 11 is 0. The summed E-state index contributed by atoms with van der Waals surface area (Å²) in [6.45, 7) is 3.62. The molecular formula is C18H18FN3O3. The highest BCUT2D eigenvalue weighted by molar-refractivity contribution is 5.95. The van der Waals surface area contributed by atoms with Crippen LogP contribution in [0.1, 0.15) is 15.9 Å². The third-order valence-electron chi connectivity index (χ3n) is 4.42. The molecule has 1 aliphatic rings. The molecule has 0 bridgehead atoms. The average molecular weight is 343 g/mol. The summed E-state index contributed by atoms with van der Waals surface area (Å²) in [6, 6.07) is 10.8. The second-order valence-electron chi connectivity index (χ2n) is 5.98. The van der Waals surface area contributed by atoms with E-state index in [1.54, 1.807) is 36.1 Å². The van der Waals surface area contributed by atoms with E-state index in [-0.39, 0.29) is 11.6 Å². The number of anilines is 1. The molecule has 1 fully saturated rings. The van der Waals surface area contributed by atoms with Gasteiger partial charge in [0, 0.05) is 37.8 Å². The van der Waals surface area contributed by atoms with E-state index in [1.807, 2.05) is 4.90 Å². The fraction of sp³-hybridized carbons (Fsp3) is 0.278. The molecule has 0 unspecified atom stereocenters. The van der Waals surface area contributed by atoms with Crippen LogP contribution >= 0.6 is 0 Å². The number of nitro groups is 1. The van der Waals surface area contributed by atoms with Crippen LogP contribution in [0, 0.1) is 22.9 Å². The highest BCUT2D eigenvalue weighted by Crippen LogP contribution is 2.28. The van der Waals surface area contributed by atoms with E-state index in [9.17, 15) is 19.3 Å². The Kier molecular flexibility index (Phi) is 4.65. The lowest BCUT2D eigenvalue weighted by Crippen LogP contribution is -2.49. The molecule has 1 aliphatic heterocycles. The van der Waals surface area contributed by atoms with Gasteiger partial charge in [0.1, 0.15) is 11.5 Å². The molecule has 1 heterocycles. The second kappa shape index (κ2) is 6.88. The van der Waals surface area contributed by atoms with Gasteiger partial charge in [0.05, 0.1) is 4.92 Å². The summed E-state index contributed by atoms with van der Waals surface area (Å²) in [5.74, 6) is -0.647. The number of nitrogens with zero attached hydrogens (tertiary/aromatic N) is 3. The smallest absolute Gasteiger partial charge is 0.292 e. The first-order valence-electron chi connectivity index (χ1n) is 8.01. The average Bonchev–Trinajstić information content (AvgIpc) is 2.63. The number of rotatable bonds is 3. The molecule has 0 saturated carbocycles. The maximum absolute atomic E-state index is 13.4. The topological polar surface area (TPSA) is 66.7 Å². The fourth-order valence-corrected chi connectivity index (χ4v) is 3.03. The predicted octanol–water partition coefficient (Wildman–Crippen LogP) is 3.00. The van der Waals surface area contributed by atoms with Crippen LogP contribution in [-0.4, -0.2) is 41.9 Å². The predicted molar refractivity (Wildman–Crippen MR) is 92.3 cm³/mol. The number of benzene rings is 2. The normalized spacial score (nSPS) is 14.5. The molecule has 3 rings (SSSR count).